The van der Waals surface area contributed by atoms with E-state index in [0.717, 1.165) is 16.7 Å². The molecule has 0 bridgehead atoms. The smallest absolute Gasteiger partial charge is 0.293 e. The van der Waals surface area contributed by atoms with E-state index in [0.29, 0.717) is 27.6 Å². The Morgan fingerprint density at radius 1 is 1.11 bits per heavy atom. The zero-order valence-corrected chi connectivity index (χ0v) is 15.4. The Labute approximate surface area is 163 Å². The van der Waals surface area contributed by atoms with Crippen LogP contribution < -0.4 is 9.47 Å². The molecule has 27 heavy (non-hydrogen) atoms. The van der Waals surface area contributed by atoms with Gasteiger partial charge in [-0.3, -0.25) is 19.3 Å². The molecular formula is C19H12ClNO5S. The van der Waals surface area contributed by atoms with Crippen molar-refractivity contribution in [3.63, 3.8) is 0 Å². The Kier molecular flexibility index (Phi) is 4.63. The van der Waals surface area contributed by atoms with Gasteiger partial charge in [0.2, 0.25) is 6.79 Å². The van der Waals surface area contributed by atoms with E-state index in [-0.39, 0.29) is 24.0 Å². The summed E-state index contributed by atoms with van der Waals surface area (Å²) in [6.45, 7) is -0.160. The van der Waals surface area contributed by atoms with Crippen molar-refractivity contribution in [2.24, 2.45) is 0 Å². The van der Waals surface area contributed by atoms with Crippen LogP contribution in [-0.4, -0.2) is 35.2 Å². The summed E-state index contributed by atoms with van der Waals surface area (Å²) in [7, 11) is 0. The van der Waals surface area contributed by atoms with Crippen LogP contribution in [0.3, 0.4) is 0 Å². The van der Waals surface area contributed by atoms with Crippen molar-refractivity contribution in [1.29, 1.82) is 0 Å². The molecule has 2 aliphatic heterocycles. The number of hydrogen-bond acceptors (Lipinski definition) is 6. The molecule has 0 unspecified atom stereocenters. The summed E-state index contributed by atoms with van der Waals surface area (Å²) in [5, 5.41) is 0.0266. The lowest BCUT2D eigenvalue weighted by Gasteiger charge is -2.11. The Balaban J connectivity index is 1.51. The summed E-state index contributed by atoms with van der Waals surface area (Å²) in [5.41, 5.74) is 1.09. The maximum atomic E-state index is 12.6. The number of ether oxygens (including phenoxy) is 2. The summed E-state index contributed by atoms with van der Waals surface area (Å²) in [5.74, 6) is 0.387. The number of benzene rings is 2. The van der Waals surface area contributed by atoms with Crippen LogP contribution in [0.15, 0.2) is 47.4 Å². The van der Waals surface area contributed by atoms with Gasteiger partial charge < -0.3 is 9.47 Å². The maximum Gasteiger partial charge on any atom is 0.293 e. The molecule has 6 nitrogen and oxygen atoms in total. The number of thioether (sulfide) groups is 1. The lowest BCUT2D eigenvalue weighted by Crippen LogP contribution is -2.33. The SMILES string of the molecule is O=C(CN1C(=O)SC(=Cc2ccc3c(c2)OCO3)C1=O)c1ccc(Cl)cc1. The molecule has 0 aliphatic carbocycles. The fraction of sp³-hybridized carbons (Fsp3) is 0.105. The molecule has 1 saturated heterocycles. The molecule has 2 amide bonds. The molecule has 2 aromatic carbocycles. The first-order valence-electron chi connectivity index (χ1n) is 7.95. The molecule has 136 valence electrons. The second-order valence-corrected chi connectivity index (χ2v) is 7.24. The zero-order valence-electron chi connectivity index (χ0n) is 13.8. The number of amides is 2. The van der Waals surface area contributed by atoms with Crippen LogP contribution >= 0.6 is 23.4 Å². The van der Waals surface area contributed by atoms with Gasteiger partial charge in [-0.1, -0.05) is 17.7 Å². The number of ketones is 1. The third kappa shape index (κ3) is 3.56. The molecule has 2 aromatic rings. The third-order valence-corrected chi connectivity index (χ3v) is 5.20. The van der Waals surface area contributed by atoms with Crippen LogP contribution in [0, 0.1) is 0 Å². The Morgan fingerprint density at radius 3 is 2.63 bits per heavy atom. The molecule has 0 atom stereocenters. The van der Waals surface area contributed by atoms with Crippen LogP contribution in [0.5, 0.6) is 11.5 Å². The monoisotopic (exact) mass is 401 g/mol. The minimum absolute atomic E-state index is 0.155. The van der Waals surface area contributed by atoms with Crippen LogP contribution in [0.25, 0.3) is 6.08 Å². The minimum Gasteiger partial charge on any atom is -0.454 e. The predicted molar refractivity (Wildman–Crippen MR) is 101 cm³/mol. The zero-order chi connectivity index (χ0) is 19.0. The highest BCUT2D eigenvalue weighted by Crippen LogP contribution is 2.36. The average Bonchev–Trinajstić information content (AvgIpc) is 3.22. The third-order valence-electron chi connectivity index (χ3n) is 4.04. The van der Waals surface area contributed by atoms with Gasteiger partial charge in [0.1, 0.15) is 0 Å². The summed E-state index contributed by atoms with van der Waals surface area (Å²) in [6.07, 6.45) is 1.60. The number of halogens is 1. The average molecular weight is 402 g/mol. The molecule has 0 N–H and O–H groups in total. The van der Waals surface area contributed by atoms with Crippen molar-refractivity contribution in [2.75, 3.05) is 13.3 Å². The van der Waals surface area contributed by atoms with E-state index in [1.165, 1.54) is 0 Å². The highest BCUT2D eigenvalue weighted by Gasteiger charge is 2.36. The molecule has 4 rings (SSSR count). The number of fused-ring (bicyclic) bond motifs is 1. The largest absolute Gasteiger partial charge is 0.454 e. The highest BCUT2D eigenvalue weighted by atomic mass is 35.5. The van der Waals surface area contributed by atoms with Gasteiger partial charge in [0.25, 0.3) is 11.1 Å². The lowest BCUT2D eigenvalue weighted by molar-refractivity contribution is -0.122. The van der Waals surface area contributed by atoms with Crippen molar-refractivity contribution in [3.8, 4) is 11.5 Å². The second kappa shape index (κ2) is 7.09. The molecule has 0 spiro atoms. The summed E-state index contributed by atoms with van der Waals surface area (Å²) in [4.78, 5) is 38.3. The van der Waals surface area contributed by atoms with Crippen LogP contribution in [0.2, 0.25) is 5.02 Å². The van der Waals surface area contributed by atoms with Crippen molar-refractivity contribution >= 4 is 46.4 Å². The van der Waals surface area contributed by atoms with E-state index in [2.05, 4.69) is 0 Å². The molecule has 0 saturated carbocycles. The fourth-order valence-electron chi connectivity index (χ4n) is 2.66. The Bertz CT molecular complexity index is 986. The van der Waals surface area contributed by atoms with Crippen LogP contribution in [0.4, 0.5) is 4.79 Å². The maximum absolute atomic E-state index is 12.6. The normalized spacial score (nSPS) is 17.1. The topological polar surface area (TPSA) is 72.9 Å². The van der Waals surface area contributed by atoms with Crippen molar-refractivity contribution < 1.29 is 23.9 Å². The van der Waals surface area contributed by atoms with Crippen LogP contribution in [0.1, 0.15) is 15.9 Å². The van der Waals surface area contributed by atoms with E-state index in [9.17, 15) is 14.4 Å². The van der Waals surface area contributed by atoms with E-state index >= 15 is 0 Å². The quantitative estimate of drug-likeness (QED) is 0.569. The number of carbonyl (C=O) groups excluding carboxylic acids is 3. The van der Waals surface area contributed by atoms with E-state index in [4.69, 9.17) is 21.1 Å². The van der Waals surface area contributed by atoms with E-state index in [1.807, 2.05) is 0 Å². The van der Waals surface area contributed by atoms with Crippen molar-refractivity contribution in [1.82, 2.24) is 4.90 Å². The first kappa shape index (κ1) is 17.6. The highest BCUT2D eigenvalue weighted by molar-refractivity contribution is 8.18. The van der Waals surface area contributed by atoms with E-state index < -0.39 is 11.1 Å². The second-order valence-electron chi connectivity index (χ2n) is 5.81. The van der Waals surface area contributed by atoms with Gasteiger partial charge in [-0.15, -0.1) is 0 Å². The molecule has 0 radical (unpaired) electrons. The number of carbonyl (C=O) groups is 3. The van der Waals surface area contributed by atoms with Gasteiger partial charge in [-0.2, -0.15) is 0 Å². The molecule has 2 aliphatic rings. The first-order valence-corrected chi connectivity index (χ1v) is 9.14. The lowest BCUT2D eigenvalue weighted by atomic mass is 10.1. The summed E-state index contributed by atoms with van der Waals surface area (Å²) >= 11 is 6.61. The first-order chi connectivity index (χ1) is 13.0. The summed E-state index contributed by atoms with van der Waals surface area (Å²) < 4.78 is 10.6. The Morgan fingerprint density at radius 2 is 1.85 bits per heavy atom. The van der Waals surface area contributed by atoms with E-state index in [1.54, 1.807) is 48.5 Å². The van der Waals surface area contributed by atoms with Gasteiger partial charge >= 0.3 is 0 Å². The molecule has 2 heterocycles. The van der Waals surface area contributed by atoms with Gasteiger partial charge in [-0.05, 0) is 59.8 Å². The number of imide groups is 1. The number of nitrogens with zero attached hydrogens (tertiary/aromatic N) is 1. The molecule has 8 heteroatoms. The fourth-order valence-corrected chi connectivity index (χ4v) is 3.63. The number of rotatable bonds is 4. The van der Waals surface area contributed by atoms with Crippen molar-refractivity contribution in [2.45, 2.75) is 0 Å². The minimum atomic E-state index is -0.495. The standard InChI is InChI=1S/C19H12ClNO5S/c20-13-4-2-12(3-5-13)14(22)9-21-18(23)17(27-19(21)24)8-11-1-6-15-16(7-11)26-10-25-15/h1-8H,9-10H2. The van der Waals surface area contributed by atoms with Crippen LogP contribution in [-0.2, 0) is 4.79 Å². The van der Waals surface area contributed by atoms with Gasteiger partial charge in [0, 0.05) is 10.6 Å². The molecule has 1 fully saturated rings. The van der Waals surface area contributed by atoms with Gasteiger partial charge in [0.05, 0.1) is 11.4 Å². The van der Waals surface area contributed by atoms with Gasteiger partial charge in [-0.25, -0.2) is 0 Å². The number of Topliss-reactive ketones (excluding diaryl/α,β-unsaturated/α-hetero) is 1. The predicted octanol–water partition coefficient (Wildman–Crippen LogP) is 3.99. The van der Waals surface area contributed by atoms with Crippen molar-refractivity contribution in [3.05, 3.63) is 63.5 Å². The number of hydrogen-bond donors (Lipinski definition) is 0. The Hall–Kier alpha value is -2.77. The molecule has 0 aromatic heterocycles. The summed E-state index contributed by atoms with van der Waals surface area (Å²) in [6, 6.07) is 11.5. The van der Waals surface area contributed by atoms with Gasteiger partial charge in [0.15, 0.2) is 17.3 Å². The molecular weight excluding hydrogens is 390 g/mol.